The summed E-state index contributed by atoms with van der Waals surface area (Å²) in [6, 6.07) is 0. The van der Waals surface area contributed by atoms with Crippen LogP contribution in [0.2, 0.25) is 0 Å². The van der Waals surface area contributed by atoms with Gasteiger partial charge in [0.1, 0.15) is 0 Å². The van der Waals surface area contributed by atoms with E-state index in [-0.39, 0.29) is 0 Å². The smallest absolute Gasteiger partial charge is 0.303 e. The van der Waals surface area contributed by atoms with Gasteiger partial charge >= 0.3 is 7.82 Å². The molecule has 0 aliphatic heterocycles. The van der Waals surface area contributed by atoms with Gasteiger partial charge in [0.05, 0.1) is 0 Å². The molecule has 0 aliphatic rings. The van der Waals surface area contributed by atoms with Crippen LogP contribution in [0, 0.1) is 0 Å². The highest BCUT2D eigenvalue weighted by Gasteiger charge is 2.27. The molecule has 0 aromatic rings. The monoisotopic (exact) mass is 158 g/mol. The Labute approximate surface area is 51.9 Å². The van der Waals surface area contributed by atoms with Gasteiger partial charge in [-0.3, -0.25) is 0 Å². The van der Waals surface area contributed by atoms with Crippen LogP contribution in [0.3, 0.4) is 0 Å². The van der Waals surface area contributed by atoms with Gasteiger partial charge in [0.15, 0.2) is 0 Å². The standard InChI is InChI=1S/C3H8FO4P/c1-3(2,4)8-9(5,6)7/h1-2H3,(H2,5,6,7). The molecule has 0 saturated carbocycles. The van der Waals surface area contributed by atoms with Gasteiger partial charge in [0.2, 0.25) is 5.85 Å². The third-order valence-electron chi connectivity index (χ3n) is 0.336. The molecule has 0 rings (SSSR count). The number of phosphoric ester groups is 1. The van der Waals surface area contributed by atoms with E-state index in [2.05, 4.69) is 4.52 Å². The first-order chi connectivity index (χ1) is 3.71. The Bertz CT molecular complexity index is 133. The maximum absolute atomic E-state index is 12.2. The molecule has 56 valence electrons. The minimum atomic E-state index is -4.66. The van der Waals surface area contributed by atoms with Crippen molar-refractivity contribution in [3.8, 4) is 0 Å². The first kappa shape index (κ1) is 9.04. The van der Waals surface area contributed by atoms with Crippen molar-refractivity contribution in [1.29, 1.82) is 0 Å². The van der Waals surface area contributed by atoms with Crippen LogP contribution in [0.15, 0.2) is 0 Å². The summed E-state index contributed by atoms with van der Waals surface area (Å²) in [6.07, 6.45) is 0. The number of alkyl halides is 1. The zero-order chi connectivity index (χ0) is 7.71. The summed E-state index contributed by atoms with van der Waals surface area (Å²) in [4.78, 5) is 16.0. The van der Waals surface area contributed by atoms with E-state index < -0.39 is 13.7 Å². The van der Waals surface area contributed by atoms with Gasteiger partial charge in [-0.25, -0.2) is 13.5 Å². The summed E-state index contributed by atoms with van der Waals surface area (Å²) in [5.74, 6) is -2.28. The average molecular weight is 158 g/mol. The van der Waals surface area contributed by atoms with Gasteiger partial charge in [0.25, 0.3) is 0 Å². The second-order valence-electron chi connectivity index (χ2n) is 1.95. The van der Waals surface area contributed by atoms with Gasteiger partial charge < -0.3 is 9.79 Å². The lowest BCUT2D eigenvalue weighted by molar-refractivity contribution is -0.0464. The maximum atomic E-state index is 12.2. The molecule has 0 spiro atoms. The summed E-state index contributed by atoms with van der Waals surface area (Å²) in [6.45, 7) is 1.82. The quantitative estimate of drug-likeness (QED) is 0.583. The molecule has 0 heterocycles. The van der Waals surface area contributed by atoms with Crippen molar-refractivity contribution in [2.45, 2.75) is 19.7 Å². The van der Waals surface area contributed by atoms with Crippen molar-refractivity contribution in [3.05, 3.63) is 0 Å². The Morgan fingerprint density at radius 3 is 1.89 bits per heavy atom. The molecule has 0 aromatic carbocycles. The Kier molecular flexibility index (Phi) is 2.35. The molecule has 4 nitrogen and oxygen atoms in total. The highest BCUT2D eigenvalue weighted by Crippen LogP contribution is 2.41. The second kappa shape index (κ2) is 2.34. The number of hydrogen-bond acceptors (Lipinski definition) is 2. The van der Waals surface area contributed by atoms with E-state index in [4.69, 9.17) is 9.79 Å². The summed E-state index contributed by atoms with van der Waals surface area (Å²) < 4.78 is 25.7. The van der Waals surface area contributed by atoms with Crippen LogP contribution in [0.25, 0.3) is 0 Å². The van der Waals surface area contributed by atoms with Crippen molar-refractivity contribution in [1.82, 2.24) is 0 Å². The summed E-state index contributed by atoms with van der Waals surface area (Å²) in [5, 5.41) is 0. The molecule has 0 amide bonds. The van der Waals surface area contributed by atoms with Crippen LogP contribution < -0.4 is 0 Å². The lowest BCUT2D eigenvalue weighted by Crippen LogP contribution is -2.14. The summed E-state index contributed by atoms with van der Waals surface area (Å²) >= 11 is 0. The Morgan fingerprint density at radius 1 is 1.56 bits per heavy atom. The van der Waals surface area contributed by atoms with Crippen LogP contribution in [0.5, 0.6) is 0 Å². The zero-order valence-corrected chi connectivity index (χ0v) is 5.93. The minimum absolute atomic E-state index is 0.909. The van der Waals surface area contributed by atoms with Crippen molar-refractivity contribution >= 4 is 7.82 Å². The second-order valence-corrected chi connectivity index (χ2v) is 3.11. The molecule has 0 bridgehead atoms. The molecule has 0 radical (unpaired) electrons. The number of halogens is 1. The maximum Gasteiger partial charge on any atom is 0.472 e. The Hall–Kier alpha value is 0.0400. The first-order valence-corrected chi connectivity index (χ1v) is 3.69. The van der Waals surface area contributed by atoms with Crippen LogP contribution in [-0.2, 0) is 9.09 Å². The molecule has 0 saturated heterocycles. The van der Waals surface area contributed by atoms with Crippen LogP contribution >= 0.6 is 7.82 Å². The van der Waals surface area contributed by atoms with Gasteiger partial charge in [-0.2, -0.15) is 0 Å². The van der Waals surface area contributed by atoms with Crippen LogP contribution in [0.4, 0.5) is 4.39 Å². The number of hydrogen-bond donors (Lipinski definition) is 2. The third kappa shape index (κ3) is 8.04. The fraction of sp³-hybridized carbons (Fsp3) is 1.00. The topological polar surface area (TPSA) is 66.8 Å². The van der Waals surface area contributed by atoms with Crippen molar-refractivity contribution in [3.63, 3.8) is 0 Å². The molecule has 0 aromatic heterocycles. The largest absolute Gasteiger partial charge is 0.472 e. The molecule has 0 aliphatic carbocycles. The van der Waals surface area contributed by atoms with Gasteiger partial charge in [-0.05, 0) is 13.8 Å². The molecular formula is C3H8FO4P. The molecule has 0 atom stereocenters. The first-order valence-electron chi connectivity index (χ1n) is 2.16. The van der Waals surface area contributed by atoms with Crippen LogP contribution in [-0.4, -0.2) is 15.6 Å². The van der Waals surface area contributed by atoms with E-state index in [1.54, 1.807) is 0 Å². The summed E-state index contributed by atoms with van der Waals surface area (Å²) in [5.41, 5.74) is 0. The predicted octanol–water partition coefficient (Wildman–Crippen LogP) is 0.801. The van der Waals surface area contributed by atoms with Crippen molar-refractivity contribution in [2.75, 3.05) is 0 Å². The Morgan fingerprint density at radius 2 is 1.89 bits per heavy atom. The van der Waals surface area contributed by atoms with Crippen molar-refractivity contribution < 1.29 is 23.3 Å². The summed E-state index contributed by atoms with van der Waals surface area (Å²) in [7, 11) is -4.66. The molecule has 6 heteroatoms. The number of rotatable bonds is 2. The van der Waals surface area contributed by atoms with E-state index >= 15 is 0 Å². The van der Waals surface area contributed by atoms with E-state index in [0.717, 1.165) is 13.8 Å². The Balaban J connectivity index is 3.90. The normalized spacial score (nSPS) is 13.9. The minimum Gasteiger partial charge on any atom is -0.303 e. The fourth-order valence-corrected chi connectivity index (χ4v) is 0.848. The van der Waals surface area contributed by atoms with Crippen LogP contribution in [0.1, 0.15) is 13.8 Å². The van der Waals surface area contributed by atoms with Gasteiger partial charge in [-0.1, -0.05) is 0 Å². The molecular weight excluding hydrogens is 150 g/mol. The van der Waals surface area contributed by atoms with E-state index in [0.29, 0.717) is 0 Å². The van der Waals surface area contributed by atoms with Gasteiger partial charge in [0, 0.05) is 0 Å². The average Bonchev–Trinajstić information content (AvgIpc) is 1.14. The lowest BCUT2D eigenvalue weighted by atomic mass is 10.4. The van der Waals surface area contributed by atoms with Gasteiger partial charge in [-0.15, -0.1) is 0 Å². The highest BCUT2D eigenvalue weighted by atomic mass is 31.2. The molecule has 0 fully saturated rings. The highest BCUT2D eigenvalue weighted by molar-refractivity contribution is 7.46. The molecule has 9 heavy (non-hydrogen) atoms. The van der Waals surface area contributed by atoms with E-state index in [9.17, 15) is 8.96 Å². The molecule has 2 N–H and O–H groups in total. The SMILES string of the molecule is CC(C)(F)OP(=O)(O)O. The van der Waals surface area contributed by atoms with E-state index in [1.807, 2.05) is 0 Å². The predicted molar refractivity (Wildman–Crippen MR) is 28.3 cm³/mol. The zero-order valence-electron chi connectivity index (χ0n) is 5.04. The third-order valence-corrected chi connectivity index (χ3v) is 1.01. The number of phosphoric acid groups is 1. The van der Waals surface area contributed by atoms with Crippen molar-refractivity contribution in [2.24, 2.45) is 0 Å². The lowest BCUT2D eigenvalue weighted by Gasteiger charge is -2.14. The molecule has 0 unspecified atom stereocenters. The fourth-order valence-electron chi connectivity index (χ4n) is 0.283. The van der Waals surface area contributed by atoms with E-state index in [1.165, 1.54) is 0 Å².